The lowest BCUT2D eigenvalue weighted by molar-refractivity contribution is 0.102. The molecule has 2 aromatic heterocycles. The van der Waals surface area contributed by atoms with Crippen LogP contribution in [0.2, 0.25) is 0 Å². The van der Waals surface area contributed by atoms with Gasteiger partial charge in [0.15, 0.2) is 11.3 Å². The number of nitrogens with one attached hydrogen (secondary N) is 1. The molecule has 0 atom stereocenters. The quantitative estimate of drug-likeness (QED) is 0.741. The molecule has 114 valence electrons. The lowest BCUT2D eigenvalue weighted by Crippen LogP contribution is -2.14. The van der Waals surface area contributed by atoms with Crippen molar-refractivity contribution in [3.05, 3.63) is 59.1 Å². The van der Waals surface area contributed by atoms with Crippen molar-refractivity contribution >= 4 is 17.2 Å². The lowest BCUT2D eigenvalue weighted by atomic mass is 10.2. The van der Waals surface area contributed by atoms with Crippen molar-refractivity contribution in [2.45, 2.75) is 13.8 Å². The van der Waals surface area contributed by atoms with E-state index in [1.807, 2.05) is 19.9 Å². The summed E-state index contributed by atoms with van der Waals surface area (Å²) in [6, 6.07) is 6.04. The predicted octanol–water partition coefficient (Wildman–Crippen LogP) is 2.72. The highest BCUT2D eigenvalue weighted by Gasteiger charge is 2.17. The molecule has 1 amide bonds. The molecule has 5 nitrogen and oxygen atoms in total. The fourth-order valence-corrected chi connectivity index (χ4v) is 2.33. The molecule has 0 saturated heterocycles. The van der Waals surface area contributed by atoms with E-state index in [-0.39, 0.29) is 11.4 Å². The molecule has 0 saturated carbocycles. The smallest absolute Gasteiger partial charge is 0.278 e. The van der Waals surface area contributed by atoms with Gasteiger partial charge < -0.3 is 5.32 Å². The number of anilines is 1. The second-order valence-corrected chi connectivity index (χ2v) is 5.12. The molecule has 3 rings (SSSR count). The van der Waals surface area contributed by atoms with Crippen LogP contribution in [0.25, 0.3) is 5.65 Å². The van der Waals surface area contributed by atoms with Crippen molar-refractivity contribution in [1.29, 1.82) is 0 Å². The van der Waals surface area contributed by atoms with Gasteiger partial charge in [-0.2, -0.15) is 0 Å². The van der Waals surface area contributed by atoms with Crippen LogP contribution in [-0.2, 0) is 0 Å². The van der Waals surface area contributed by atoms with Crippen molar-refractivity contribution in [3.63, 3.8) is 0 Å². The van der Waals surface area contributed by atoms with Gasteiger partial charge >= 0.3 is 0 Å². The van der Waals surface area contributed by atoms with Crippen LogP contribution in [0, 0.1) is 32.0 Å². The topological polar surface area (TPSA) is 59.3 Å². The van der Waals surface area contributed by atoms with Gasteiger partial charge in [0, 0.05) is 17.0 Å². The molecular formula is C17H13FN4O. The van der Waals surface area contributed by atoms with E-state index in [1.54, 1.807) is 10.5 Å². The Morgan fingerprint density at radius 2 is 2.13 bits per heavy atom. The van der Waals surface area contributed by atoms with Gasteiger partial charge in [-0.05, 0) is 38.1 Å². The fraction of sp³-hybridized carbons (Fsp3) is 0.118. The molecule has 0 bridgehead atoms. The molecule has 1 aromatic carbocycles. The van der Waals surface area contributed by atoms with E-state index < -0.39 is 11.7 Å². The lowest BCUT2D eigenvalue weighted by Gasteiger charge is -2.06. The van der Waals surface area contributed by atoms with Crippen LogP contribution in [0.4, 0.5) is 10.1 Å². The number of nitrogens with zero attached hydrogens (tertiary/aromatic N) is 3. The molecule has 0 aliphatic carbocycles. The highest BCUT2D eigenvalue weighted by molar-refractivity contribution is 6.06. The van der Waals surface area contributed by atoms with Crippen molar-refractivity contribution in [2.24, 2.45) is 0 Å². The zero-order chi connectivity index (χ0) is 16.6. The van der Waals surface area contributed by atoms with Crippen LogP contribution in [0.3, 0.4) is 0 Å². The first kappa shape index (κ1) is 14.7. The van der Waals surface area contributed by atoms with E-state index in [0.717, 1.165) is 11.4 Å². The van der Waals surface area contributed by atoms with Gasteiger partial charge in [0.1, 0.15) is 12.1 Å². The molecule has 23 heavy (non-hydrogen) atoms. The van der Waals surface area contributed by atoms with Crippen LogP contribution < -0.4 is 5.32 Å². The summed E-state index contributed by atoms with van der Waals surface area (Å²) < 4.78 is 15.6. The number of hydrogen-bond acceptors (Lipinski definition) is 3. The zero-order valence-electron chi connectivity index (χ0n) is 12.6. The highest BCUT2D eigenvalue weighted by Crippen LogP contribution is 2.18. The number of aryl methyl sites for hydroxylation is 2. The third kappa shape index (κ3) is 2.64. The van der Waals surface area contributed by atoms with Gasteiger partial charge in [0.2, 0.25) is 0 Å². The van der Waals surface area contributed by atoms with E-state index in [4.69, 9.17) is 6.42 Å². The maximum absolute atomic E-state index is 13.9. The Morgan fingerprint density at radius 3 is 2.83 bits per heavy atom. The van der Waals surface area contributed by atoms with Crippen LogP contribution in [0.1, 0.15) is 27.4 Å². The Hall–Kier alpha value is -3.20. The third-order valence-electron chi connectivity index (χ3n) is 3.42. The number of halogens is 1. The van der Waals surface area contributed by atoms with Crippen LogP contribution in [0.15, 0.2) is 30.6 Å². The largest absolute Gasteiger partial charge is 0.318 e. The Balaban J connectivity index is 1.97. The maximum Gasteiger partial charge on any atom is 0.278 e. The third-order valence-corrected chi connectivity index (χ3v) is 3.42. The van der Waals surface area contributed by atoms with E-state index in [0.29, 0.717) is 11.2 Å². The number of carbonyl (C=O) groups is 1. The molecule has 0 aliphatic rings. The van der Waals surface area contributed by atoms with E-state index in [2.05, 4.69) is 21.2 Å². The van der Waals surface area contributed by atoms with Crippen molar-refractivity contribution < 1.29 is 9.18 Å². The highest BCUT2D eigenvalue weighted by atomic mass is 19.1. The number of rotatable bonds is 2. The second-order valence-electron chi connectivity index (χ2n) is 5.12. The van der Waals surface area contributed by atoms with Crippen LogP contribution in [-0.4, -0.2) is 20.3 Å². The first-order chi connectivity index (χ1) is 11.0. The molecular weight excluding hydrogens is 295 g/mol. The summed E-state index contributed by atoms with van der Waals surface area (Å²) >= 11 is 0. The number of carbonyl (C=O) groups excluding carboxylic acids is 1. The second kappa shape index (κ2) is 5.54. The van der Waals surface area contributed by atoms with Gasteiger partial charge in [-0.15, -0.1) is 6.42 Å². The molecule has 0 unspecified atom stereocenters. The number of amides is 1. The van der Waals surface area contributed by atoms with Gasteiger partial charge in [0.25, 0.3) is 5.91 Å². The summed E-state index contributed by atoms with van der Waals surface area (Å²) in [5.41, 5.74) is 2.69. The Morgan fingerprint density at radius 1 is 1.35 bits per heavy atom. The molecule has 2 heterocycles. The number of fused-ring (bicyclic) bond motifs is 1. The Kier molecular flexibility index (Phi) is 3.54. The van der Waals surface area contributed by atoms with Gasteiger partial charge in [-0.25, -0.2) is 14.4 Å². The first-order valence-electron chi connectivity index (χ1n) is 6.88. The summed E-state index contributed by atoms with van der Waals surface area (Å²) in [7, 11) is 0. The molecule has 0 spiro atoms. The van der Waals surface area contributed by atoms with Crippen LogP contribution >= 0.6 is 0 Å². The first-order valence-corrected chi connectivity index (χ1v) is 6.88. The Bertz CT molecular complexity index is 969. The summed E-state index contributed by atoms with van der Waals surface area (Å²) in [5.74, 6) is 1.20. The van der Waals surface area contributed by atoms with Crippen molar-refractivity contribution in [2.75, 3.05) is 5.32 Å². The van der Waals surface area contributed by atoms with Crippen molar-refractivity contribution in [1.82, 2.24) is 14.4 Å². The molecule has 0 aliphatic heterocycles. The minimum absolute atomic E-state index is 0.0412. The normalized spacial score (nSPS) is 10.5. The average Bonchev–Trinajstić information content (AvgIpc) is 2.93. The predicted molar refractivity (Wildman–Crippen MR) is 84.7 cm³/mol. The van der Waals surface area contributed by atoms with Crippen molar-refractivity contribution in [3.8, 4) is 12.3 Å². The van der Waals surface area contributed by atoms with E-state index >= 15 is 0 Å². The van der Waals surface area contributed by atoms with E-state index in [1.165, 1.54) is 18.5 Å². The fourth-order valence-electron chi connectivity index (χ4n) is 2.33. The molecule has 3 aromatic rings. The zero-order valence-corrected chi connectivity index (χ0v) is 12.6. The summed E-state index contributed by atoms with van der Waals surface area (Å²) in [6.07, 6.45) is 6.73. The molecule has 0 radical (unpaired) electrons. The SMILES string of the molecule is C#Cc1ccc(NC(=O)c2ncn3c(C)cc(C)nc23)c(F)c1. The Labute approximate surface area is 132 Å². The summed E-state index contributed by atoms with van der Waals surface area (Å²) in [5, 5.41) is 2.50. The number of benzene rings is 1. The standard InChI is InChI=1S/C17H13FN4O/c1-4-12-5-6-14(13(18)8-12)21-17(23)15-16-20-10(2)7-11(3)22(16)9-19-15/h1,5-9H,2-3H3,(H,21,23). The minimum atomic E-state index is -0.599. The maximum atomic E-state index is 13.9. The number of hydrogen-bond donors (Lipinski definition) is 1. The average molecular weight is 308 g/mol. The molecule has 1 N–H and O–H groups in total. The number of aromatic nitrogens is 3. The molecule has 0 fully saturated rings. The monoisotopic (exact) mass is 308 g/mol. The van der Waals surface area contributed by atoms with Gasteiger partial charge in [0.05, 0.1) is 5.69 Å². The summed E-state index contributed by atoms with van der Waals surface area (Å²) in [4.78, 5) is 20.8. The van der Waals surface area contributed by atoms with Crippen LogP contribution in [0.5, 0.6) is 0 Å². The number of imidazole rings is 1. The molecule has 6 heteroatoms. The van der Waals surface area contributed by atoms with Gasteiger partial charge in [-0.3, -0.25) is 9.20 Å². The minimum Gasteiger partial charge on any atom is -0.318 e. The van der Waals surface area contributed by atoms with E-state index in [9.17, 15) is 9.18 Å². The van der Waals surface area contributed by atoms with Gasteiger partial charge in [-0.1, -0.05) is 5.92 Å². The number of terminal acetylenes is 1. The summed E-state index contributed by atoms with van der Waals surface area (Å²) in [6.45, 7) is 3.73.